The summed E-state index contributed by atoms with van der Waals surface area (Å²) in [6, 6.07) is 0.339. The average Bonchev–Trinajstić information content (AvgIpc) is 2.67. The van der Waals surface area contributed by atoms with Crippen LogP contribution in [0.15, 0.2) is 0 Å². The molecular weight excluding hydrogens is 170 g/mol. The van der Waals surface area contributed by atoms with Crippen LogP contribution in [0.3, 0.4) is 0 Å². The summed E-state index contributed by atoms with van der Waals surface area (Å²) < 4.78 is 0. The molecule has 1 saturated carbocycles. The molecule has 0 aromatic heterocycles. The quantitative estimate of drug-likeness (QED) is 0.458. The summed E-state index contributed by atoms with van der Waals surface area (Å²) in [5, 5.41) is 30.3. The highest BCUT2D eigenvalue weighted by Gasteiger charge is 2.31. The number of rotatable bonds is 5. The van der Waals surface area contributed by atoms with Crippen molar-refractivity contribution in [3.63, 3.8) is 0 Å². The van der Waals surface area contributed by atoms with Crippen LogP contribution in [-0.4, -0.2) is 46.7 Å². The predicted molar refractivity (Wildman–Crippen MR) is 49.4 cm³/mol. The largest absolute Gasteiger partial charge is 0.394 e. The molecule has 78 valence electrons. The second-order valence-electron chi connectivity index (χ2n) is 3.88. The molecule has 1 fully saturated rings. The Kier molecular flexibility index (Phi) is 4.12. The van der Waals surface area contributed by atoms with Gasteiger partial charge in [0.25, 0.3) is 0 Å². The van der Waals surface area contributed by atoms with Crippen molar-refractivity contribution in [3.05, 3.63) is 0 Å². The minimum atomic E-state index is -0.894. The predicted octanol–water partition coefficient (Wildman–Crippen LogP) is -0.766. The van der Waals surface area contributed by atoms with Crippen molar-refractivity contribution >= 4 is 0 Å². The third-order valence-corrected chi connectivity index (χ3v) is 2.77. The van der Waals surface area contributed by atoms with Gasteiger partial charge in [0.2, 0.25) is 0 Å². The molecule has 4 N–H and O–H groups in total. The average molecular weight is 189 g/mol. The summed E-state index contributed by atoms with van der Waals surface area (Å²) in [6.07, 6.45) is 4.52. The van der Waals surface area contributed by atoms with E-state index >= 15 is 0 Å². The van der Waals surface area contributed by atoms with E-state index in [1.165, 1.54) is 12.8 Å². The molecule has 1 rings (SSSR count). The number of hydrogen-bond donors (Lipinski definition) is 4. The molecule has 0 bridgehead atoms. The van der Waals surface area contributed by atoms with Gasteiger partial charge in [0.05, 0.1) is 25.4 Å². The van der Waals surface area contributed by atoms with Gasteiger partial charge in [-0.05, 0) is 12.8 Å². The fourth-order valence-corrected chi connectivity index (χ4v) is 1.79. The molecule has 0 unspecified atom stereocenters. The van der Waals surface area contributed by atoms with E-state index in [-0.39, 0.29) is 19.8 Å². The number of nitrogens with one attached hydrogen (secondary N) is 1. The van der Waals surface area contributed by atoms with Gasteiger partial charge in [-0.1, -0.05) is 12.8 Å². The first kappa shape index (κ1) is 10.9. The van der Waals surface area contributed by atoms with Crippen LogP contribution >= 0.6 is 0 Å². The van der Waals surface area contributed by atoms with Crippen molar-refractivity contribution in [1.29, 1.82) is 0 Å². The normalized spacial score (nSPS) is 19.6. The summed E-state index contributed by atoms with van der Waals surface area (Å²) in [7, 11) is 0. The summed E-state index contributed by atoms with van der Waals surface area (Å²) >= 11 is 0. The van der Waals surface area contributed by atoms with E-state index < -0.39 is 5.54 Å². The van der Waals surface area contributed by atoms with Crippen LogP contribution in [0.5, 0.6) is 0 Å². The highest BCUT2D eigenvalue weighted by atomic mass is 16.3. The second-order valence-corrected chi connectivity index (χ2v) is 3.88. The summed E-state index contributed by atoms with van der Waals surface area (Å²) in [5.41, 5.74) is -0.894. The highest BCUT2D eigenvalue weighted by molar-refractivity contribution is 4.90. The first-order chi connectivity index (χ1) is 6.26. The molecule has 4 nitrogen and oxygen atoms in total. The Bertz CT molecular complexity index is 134. The van der Waals surface area contributed by atoms with Gasteiger partial charge in [-0.3, -0.25) is 0 Å². The molecule has 0 heterocycles. The first-order valence-corrected chi connectivity index (χ1v) is 4.86. The smallest absolute Gasteiger partial charge is 0.0883 e. The lowest BCUT2D eigenvalue weighted by Crippen LogP contribution is -2.57. The molecule has 0 radical (unpaired) electrons. The second kappa shape index (κ2) is 4.91. The Morgan fingerprint density at radius 2 is 1.46 bits per heavy atom. The van der Waals surface area contributed by atoms with E-state index in [1.54, 1.807) is 0 Å². The van der Waals surface area contributed by atoms with Gasteiger partial charge in [0.1, 0.15) is 0 Å². The zero-order valence-electron chi connectivity index (χ0n) is 7.87. The molecule has 0 spiro atoms. The van der Waals surface area contributed by atoms with Gasteiger partial charge in [-0.15, -0.1) is 0 Å². The van der Waals surface area contributed by atoms with Gasteiger partial charge >= 0.3 is 0 Å². The van der Waals surface area contributed by atoms with Crippen molar-refractivity contribution in [2.24, 2.45) is 0 Å². The van der Waals surface area contributed by atoms with Crippen LogP contribution in [0, 0.1) is 0 Å². The first-order valence-electron chi connectivity index (χ1n) is 4.86. The number of hydrogen-bond acceptors (Lipinski definition) is 4. The molecular formula is C9H19NO3. The molecule has 0 aliphatic heterocycles. The van der Waals surface area contributed by atoms with Crippen molar-refractivity contribution in [1.82, 2.24) is 5.32 Å². The lowest BCUT2D eigenvalue weighted by molar-refractivity contribution is 0.0347. The third-order valence-electron chi connectivity index (χ3n) is 2.77. The summed E-state index contributed by atoms with van der Waals surface area (Å²) in [6.45, 7) is -0.677. The van der Waals surface area contributed by atoms with E-state index in [4.69, 9.17) is 15.3 Å². The van der Waals surface area contributed by atoms with Crippen molar-refractivity contribution < 1.29 is 15.3 Å². The lowest BCUT2D eigenvalue weighted by Gasteiger charge is -2.32. The van der Waals surface area contributed by atoms with Crippen LogP contribution in [0.4, 0.5) is 0 Å². The van der Waals surface area contributed by atoms with E-state index in [9.17, 15) is 0 Å². The topological polar surface area (TPSA) is 72.7 Å². The van der Waals surface area contributed by atoms with Gasteiger partial charge < -0.3 is 20.6 Å². The maximum absolute atomic E-state index is 9.05. The van der Waals surface area contributed by atoms with Crippen molar-refractivity contribution in [2.75, 3.05) is 19.8 Å². The van der Waals surface area contributed by atoms with Gasteiger partial charge in [0.15, 0.2) is 0 Å². The standard InChI is InChI=1S/C9H19NO3/c11-5-9(6-12,7-13)10-8-3-1-2-4-8/h8,10-13H,1-7H2. The van der Waals surface area contributed by atoms with Crippen molar-refractivity contribution in [2.45, 2.75) is 37.3 Å². The highest BCUT2D eigenvalue weighted by Crippen LogP contribution is 2.20. The Morgan fingerprint density at radius 3 is 1.85 bits per heavy atom. The van der Waals surface area contributed by atoms with Crippen molar-refractivity contribution in [3.8, 4) is 0 Å². The fourth-order valence-electron chi connectivity index (χ4n) is 1.79. The minimum Gasteiger partial charge on any atom is -0.394 e. The van der Waals surface area contributed by atoms with Crippen LogP contribution in [0.1, 0.15) is 25.7 Å². The minimum absolute atomic E-state index is 0.226. The monoisotopic (exact) mass is 189 g/mol. The molecule has 0 aromatic rings. The maximum Gasteiger partial charge on any atom is 0.0883 e. The van der Waals surface area contributed by atoms with E-state index in [2.05, 4.69) is 5.32 Å². The molecule has 0 saturated heterocycles. The van der Waals surface area contributed by atoms with E-state index in [0.717, 1.165) is 12.8 Å². The SMILES string of the molecule is OCC(CO)(CO)NC1CCCC1. The van der Waals surface area contributed by atoms with Crippen LogP contribution in [0.2, 0.25) is 0 Å². The molecule has 4 heteroatoms. The number of aliphatic hydroxyl groups excluding tert-OH is 3. The summed E-state index contributed by atoms with van der Waals surface area (Å²) in [4.78, 5) is 0. The van der Waals surface area contributed by atoms with E-state index in [0.29, 0.717) is 6.04 Å². The van der Waals surface area contributed by atoms with Crippen LogP contribution in [0.25, 0.3) is 0 Å². The zero-order chi connectivity index (χ0) is 9.73. The molecule has 13 heavy (non-hydrogen) atoms. The summed E-state index contributed by atoms with van der Waals surface area (Å²) in [5.74, 6) is 0. The van der Waals surface area contributed by atoms with Crippen LogP contribution in [-0.2, 0) is 0 Å². The van der Waals surface area contributed by atoms with Crippen LogP contribution < -0.4 is 5.32 Å². The fraction of sp³-hybridized carbons (Fsp3) is 1.00. The molecule has 0 amide bonds. The lowest BCUT2D eigenvalue weighted by atomic mass is 10.0. The molecule has 0 aromatic carbocycles. The Balaban J connectivity index is 2.44. The zero-order valence-corrected chi connectivity index (χ0v) is 7.87. The Hall–Kier alpha value is -0.160. The maximum atomic E-state index is 9.05. The van der Waals surface area contributed by atoms with Gasteiger partial charge in [0, 0.05) is 6.04 Å². The Morgan fingerprint density at radius 1 is 1.00 bits per heavy atom. The van der Waals surface area contributed by atoms with Gasteiger partial charge in [-0.2, -0.15) is 0 Å². The molecule has 0 atom stereocenters. The molecule has 1 aliphatic carbocycles. The third kappa shape index (κ3) is 2.64. The van der Waals surface area contributed by atoms with E-state index in [1.807, 2.05) is 0 Å². The Labute approximate surface area is 78.6 Å². The van der Waals surface area contributed by atoms with Gasteiger partial charge in [-0.25, -0.2) is 0 Å². The number of aliphatic hydroxyl groups is 3. The molecule has 1 aliphatic rings.